The summed E-state index contributed by atoms with van der Waals surface area (Å²) in [7, 11) is 0. The van der Waals surface area contributed by atoms with Crippen molar-refractivity contribution in [2.75, 3.05) is 0 Å². The molecule has 0 nitrogen and oxygen atoms in total. The quantitative estimate of drug-likeness (QED) is 0.622. The lowest BCUT2D eigenvalue weighted by Crippen LogP contribution is -1.87. The van der Waals surface area contributed by atoms with Crippen LogP contribution in [0.4, 0.5) is 4.39 Å². The summed E-state index contributed by atoms with van der Waals surface area (Å²) < 4.78 is 14.8. The number of hydrogen-bond acceptors (Lipinski definition) is 0. The molecule has 1 aromatic carbocycles. The summed E-state index contributed by atoms with van der Waals surface area (Å²) in [4.78, 5) is 0. The van der Waals surface area contributed by atoms with Gasteiger partial charge in [-0.15, -0.1) is 0 Å². The summed E-state index contributed by atoms with van der Waals surface area (Å²) in [6, 6.07) is 3.50. The predicted molar refractivity (Wildman–Crippen MR) is 56.6 cm³/mol. The second kappa shape index (κ2) is 3.34. The maximum atomic E-state index is 12.8. The average Bonchev–Trinajstić information content (AvgIpc) is 1.82. The molecule has 0 radical (unpaired) electrons. The fourth-order valence-electron chi connectivity index (χ4n) is 0.614. The van der Waals surface area contributed by atoms with Crippen LogP contribution in [0.5, 0.6) is 0 Å². The molecule has 54 valence electrons. The Balaban J connectivity index is 3.31. The summed E-state index contributed by atoms with van der Waals surface area (Å²) >= 11 is 4.23. The Morgan fingerprint density at radius 1 is 1.30 bits per heavy atom. The van der Waals surface area contributed by atoms with E-state index in [1.165, 1.54) is 6.07 Å². The molecule has 0 saturated carbocycles. The van der Waals surface area contributed by atoms with E-state index in [9.17, 15) is 4.39 Å². The van der Waals surface area contributed by atoms with Gasteiger partial charge in [-0.25, -0.2) is 4.39 Å². The van der Waals surface area contributed by atoms with Gasteiger partial charge in [0.2, 0.25) is 0 Å². The van der Waals surface area contributed by atoms with Crippen LogP contribution in [0.25, 0.3) is 0 Å². The largest absolute Gasteiger partial charge is 0.207 e. The van der Waals surface area contributed by atoms with Crippen molar-refractivity contribution in [2.45, 2.75) is 6.92 Å². The van der Waals surface area contributed by atoms with E-state index in [1.807, 2.05) is 6.07 Å². The van der Waals surface area contributed by atoms with Crippen molar-refractivity contribution < 1.29 is 4.39 Å². The minimum atomic E-state index is -0.115. The lowest BCUT2D eigenvalue weighted by Gasteiger charge is -1.99. The Labute approximate surface area is 86.5 Å². The first-order valence-corrected chi connectivity index (χ1v) is 4.88. The fourth-order valence-corrected chi connectivity index (χ4v) is 2.39. The van der Waals surface area contributed by atoms with Crippen LogP contribution in [0.3, 0.4) is 0 Å². The smallest absolute Gasteiger partial charge is 0.128 e. The molecule has 0 unspecified atom stereocenters. The molecule has 0 atom stereocenters. The normalized spacial score (nSPS) is 10.0. The van der Waals surface area contributed by atoms with Crippen molar-refractivity contribution in [1.29, 1.82) is 0 Å². The van der Waals surface area contributed by atoms with Crippen LogP contribution in [-0.4, -0.2) is 0 Å². The second-order valence-electron chi connectivity index (χ2n) is 1.99. The lowest BCUT2D eigenvalue weighted by molar-refractivity contribution is 0.616. The van der Waals surface area contributed by atoms with Gasteiger partial charge in [0, 0.05) is 7.14 Å². The van der Waals surface area contributed by atoms with E-state index in [0.29, 0.717) is 0 Å². The molecular formula is C7H5FI2. The summed E-state index contributed by atoms with van der Waals surface area (Å²) in [6.07, 6.45) is 0. The molecule has 0 aliphatic rings. The first kappa shape index (κ1) is 8.70. The van der Waals surface area contributed by atoms with E-state index in [-0.39, 0.29) is 5.82 Å². The Morgan fingerprint density at radius 2 is 1.90 bits per heavy atom. The molecule has 1 aromatic rings. The molecule has 0 aromatic heterocycles. The summed E-state index contributed by atoms with van der Waals surface area (Å²) in [6.45, 7) is 1.78. The zero-order valence-electron chi connectivity index (χ0n) is 5.29. The fraction of sp³-hybridized carbons (Fsp3) is 0.143. The van der Waals surface area contributed by atoms with E-state index in [0.717, 1.165) is 12.7 Å². The molecule has 0 heterocycles. The van der Waals surface area contributed by atoms with Crippen LogP contribution in [-0.2, 0) is 0 Å². The van der Waals surface area contributed by atoms with E-state index >= 15 is 0 Å². The Bertz CT molecular complexity index is 235. The number of benzene rings is 1. The molecule has 0 aliphatic carbocycles. The summed E-state index contributed by atoms with van der Waals surface area (Å²) in [5.74, 6) is -0.115. The van der Waals surface area contributed by atoms with E-state index in [4.69, 9.17) is 0 Å². The average molecular weight is 362 g/mol. The van der Waals surface area contributed by atoms with Crippen molar-refractivity contribution in [3.63, 3.8) is 0 Å². The van der Waals surface area contributed by atoms with Gasteiger partial charge in [0.25, 0.3) is 0 Å². The van der Waals surface area contributed by atoms with Crippen LogP contribution < -0.4 is 0 Å². The predicted octanol–water partition coefficient (Wildman–Crippen LogP) is 3.34. The van der Waals surface area contributed by atoms with E-state index in [2.05, 4.69) is 45.2 Å². The number of halogens is 3. The van der Waals surface area contributed by atoms with Gasteiger partial charge in [0.05, 0.1) is 0 Å². The van der Waals surface area contributed by atoms with Gasteiger partial charge < -0.3 is 0 Å². The highest BCUT2D eigenvalue weighted by Crippen LogP contribution is 2.18. The molecule has 0 bridgehead atoms. The van der Waals surface area contributed by atoms with Crippen molar-refractivity contribution >= 4 is 45.2 Å². The lowest BCUT2D eigenvalue weighted by atomic mass is 10.2. The summed E-state index contributed by atoms with van der Waals surface area (Å²) in [5.41, 5.74) is 0.737. The number of hydrogen-bond donors (Lipinski definition) is 0. The van der Waals surface area contributed by atoms with Gasteiger partial charge in [-0.3, -0.25) is 0 Å². The third-order valence-electron chi connectivity index (χ3n) is 1.25. The molecular weight excluding hydrogens is 357 g/mol. The Morgan fingerprint density at radius 3 is 2.40 bits per heavy atom. The van der Waals surface area contributed by atoms with Crippen LogP contribution in [0.2, 0.25) is 0 Å². The van der Waals surface area contributed by atoms with Crippen LogP contribution in [0.1, 0.15) is 5.56 Å². The van der Waals surface area contributed by atoms with Crippen molar-refractivity contribution in [1.82, 2.24) is 0 Å². The van der Waals surface area contributed by atoms with Gasteiger partial charge in [-0.1, -0.05) is 0 Å². The van der Waals surface area contributed by atoms with Gasteiger partial charge in [-0.2, -0.15) is 0 Å². The van der Waals surface area contributed by atoms with E-state index < -0.39 is 0 Å². The molecule has 3 heteroatoms. The van der Waals surface area contributed by atoms with Crippen LogP contribution >= 0.6 is 45.2 Å². The van der Waals surface area contributed by atoms with Crippen molar-refractivity contribution in [2.24, 2.45) is 0 Å². The topological polar surface area (TPSA) is 0 Å². The zero-order valence-corrected chi connectivity index (χ0v) is 9.60. The third kappa shape index (κ3) is 1.81. The molecule has 0 aliphatic heterocycles. The molecule has 1 rings (SSSR count). The highest BCUT2D eigenvalue weighted by Gasteiger charge is 2.01. The molecule has 0 fully saturated rings. The van der Waals surface area contributed by atoms with Gasteiger partial charge >= 0.3 is 0 Å². The first-order chi connectivity index (χ1) is 4.61. The second-order valence-corrected chi connectivity index (χ2v) is 4.40. The highest BCUT2D eigenvalue weighted by molar-refractivity contribution is 14.1. The number of rotatable bonds is 0. The molecule has 0 spiro atoms. The van der Waals surface area contributed by atoms with Crippen LogP contribution in [0, 0.1) is 19.9 Å². The zero-order chi connectivity index (χ0) is 7.72. The molecule has 10 heavy (non-hydrogen) atoms. The monoisotopic (exact) mass is 362 g/mol. The van der Waals surface area contributed by atoms with Gasteiger partial charge in [0.1, 0.15) is 5.82 Å². The molecule has 0 amide bonds. The third-order valence-corrected chi connectivity index (χ3v) is 2.99. The van der Waals surface area contributed by atoms with Gasteiger partial charge in [0.15, 0.2) is 0 Å². The maximum absolute atomic E-state index is 12.8. The molecule has 0 N–H and O–H groups in total. The Hall–Kier alpha value is 0.610. The van der Waals surface area contributed by atoms with Crippen molar-refractivity contribution in [3.05, 3.63) is 30.7 Å². The van der Waals surface area contributed by atoms with E-state index in [1.54, 1.807) is 6.92 Å². The minimum absolute atomic E-state index is 0.115. The van der Waals surface area contributed by atoms with Gasteiger partial charge in [-0.05, 0) is 69.8 Å². The summed E-state index contributed by atoms with van der Waals surface area (Å²) in [5, 5.41) is 0. The highest BCUT2D eigenvalue weighted by atomic mass is 127. The molecule has 0 saturated heterocycles. The first-order valence-electron chi connectivity index (χ1n) is 2.72. The standard InChI is InChI=1S/C7H5FI2/c1-4-6(8)2-5(9)3-7(4)10/h2-3H,1H3. The SMILES string of the molecule is Cc1c(F)cc(I)cc1I. The minimum Gasteiger partial charge on any atom is -0.207 e. The van der Waals surface area contributed by atoms with Crippen LogP contribution in [0.15, 0.2) is 12.1 Å². The maximum Gasteiger partial charge on any atom is 0.128 e. The Kier molecular flexibility index (Phi) is 2.91. The van der Waals surface area contributed by atoms with Crippen molar-refractivity contribution in [3.8, 4) is 0 Å².